The third-order valence-corrected chi connectivity index (χ3v) is 6.66. The van der Waals surface area contributed by atoms with E-state index in [0.717, 1.165) is 6.07 Å². The number of hydrogen-bond acceptors (Lipinski definition) is 7. The number of sulfonamides is 1. The molecule has 10 nitrogen and oxygen atoms in total. The molecule has 0 atom stereocenters. The molecule has 0 radical (unpaired) electrons. The molecule has 1 saturated heterocycles. The number of non-ortho nitro benzene ring substituents is 1. The van der Waals surface area contributed by atoms with Crippen LogP contribution in [-0.2, 0) is 14.8 Å². The Hall–Kier alpha value is -2.73. The van der Waals surface area contributed by atoms with E-state index in [1.165, 1.54) is 41.7 Å². The summed E-state index contributed by atoms with van der Waals surface area (Å²) >= 11 is 6.12. The van der Waals surface area contributed by atoms with E-state index in [4.69, 9.17) is 21.1 Å². The van der Waals surface area contributed by atoms with Gasteiger partial charge in [0.25, 0.3) is 11.6 Å². The van der Waals surface area contributed by atoms with E-state index >= 15 is 0 Å². The highest BCUT2D eigenvalue weighted by molar-refractivity contribution is 7.89. The molecule has 12 heteroatoms. The number of ether oxygens (including phenoxy) is 2. The highest BCUT2D eigenvalue weighted by Crippen LogP contribution is 2.30. The van der Waals surface area contributed by atoms with Crippen LogP contribution in [0.1, 0.15) is 10.4 Å². The van der Waals surface area contributed by atoms with Crippen molar-refractivity contribution >= 4 is 38.9 Å². The summed E-state index contributed by atoms with van der Waals surface area (Å²) in [5.41, 5.74) is -0.0986. The van der Waals surface area contributed by atoms with E-state index in [2.05, 4.69) is 5.32 Å². The number of nitro groups is 1. The third kappa shape index (κ3) is 4.54. The minimum atomic E-state index is -3.82. The van der Waals surface area contributed by atoms with Crippen LogP contribution in [0.5, 0.6) is 5.75 Å². The number of hydrogen-bond donors (Lipinski definition) is 1. The predicted molar refractivity (Wildman–Crippen MR) is 109 cm³/mol. The molecule has 0 bridgehead atoms. The summed E-state index contributed by atoms with van der Waals surface area (Å²) in [6.45, 7) is 1.01. The van der Waals surface area contributed by atoms with Gasteiger partial charge in [-0.2, -0.15) is 4.31 Å². The van der Waals surface area contributed by atoms with Gasteiger partial charge in [0.15, 0.2) is 0 Å². The van der Waals surface area contributed by atoms with Gasteiger partial charge in [-0.05, 0) is 24.3 Å². The van der Waals surface area contributed by atoms with Crippen molar-refractivity contribution in [1.82, 2.24) is 4.31 Å². The second-order valence-corrected chi connectivity index (χ2v) is 8.60. The number of nitro benzene ring substituents is 1. The van der Waals surface area contributed by atoms with Crippen molar-refractivity contribution in [2.45, 2.75) is 4.90 Å². The van der Waals surface area contributed by atoms with Crippen molar-refractivity contribution in [3.63, 3.8) is 0 Å². The van der Waals surface area contributed by atoms with Crippen LogP contribution in [0.25, 0.3) is 0 Å². The molecule has 1 heterocycles. The molecule has 2 aromatic carbocycles. The molecule has 1 amide bonds. The molecule has 30 heavy (non-hydrogen) atoms. The highest BCUT2D eigenvalue weighted by Gasteiger charge is 2.28. The monoisotopic (exact) mass is 455 g/mol. The van der Waals surface area contributed by atoms with Gasteiger partial charge in [-0.25, -0.2) is 8.42 Å². The van der Waals surface area contributed by atoms with Crippen LogP contribution in [0.2, 0.25) is 5.02 Å². The van der Waals surface area contributed by atoms with E-state index < -0.39 is 20.9 Å². The molecule has 0 aromatic heterocycles. The van der Waals surface area contributed by atoms with Crippen molar-refractivity contribution < 1.29 is 27.6 Å². The van der Waals surface area contributed by atoms with Gasteiger partial charge in [0.05, 0.1) is 52.5 Å². The number of amides is 1. The highest BCUT2D eigenvalue weighted by atomic mass is 35.5. The number of nitrogens with one attached hydrogen (secondary N) is 1. The lowest BCUT2D eigenvalue weighted by Crippen LogP contribution is -2.40. The molecule has 2 aromatic rings. The van der Waals surface area contributed by atoms with Crippen molar-refractivity contribution in [3.8, 4) is 5.75 Å². The number of morpholine rings is 1. The number of benzene rings is 2. The summed E-state index contributed by atoms with van der Waals surface area (Å²) in [6.07, 6.45) is 0. The van der Waals surface area contributed by atoms with Gasteiger partial charge in [-0.1, -0.05) is 11.6 Å². The number of halogens is 1. The average molecular weight is 456 g/mol. The number of carbonyl (C=O) groups is 1. The number of carbonyl (C=O) groups excluding carboxylic acids is 1. The fourth-order valence-electron chi connectivity index (χ4n) is 2.86. The van der Waals surface area contributed by atoms with Gasteiger partial charge in [-0.3, -0.25) is 14.9 Å². The minimum absolute atomic E-state index is 0.0503. The van der Waals surface area contributed by atoms with Crippen LogP contribution in [-0.4, -0.2) is 57.0 Å². The molecule has 160 valence electrons. The Morgan fingerprint density at radius 1 is 1.23 bits per heavy atom. The Labute approximate surface area is 177 Å². The van der Waals surface area contributed by atoms with Crippen LogP contribution < -0.4 is 10.1 Å². The topological polar surface area (TPSA) is 128 Å². The molecular weight excluding hydrogens is 438 g/mol. The number of rotatable bonds is 6. The lowest BCUT2D eigenvalue weighted by molar-refractivity contribution is -0.384. The predicted octanol–water partition coefficient (Wildman–Crippen LogP) is 2.53. The van der Waals surface area contributed by atoms with E-state index in [1.54, 1.807) is 0 Å². The first kappa shape index (κ1) is 22.0. The molecule has 1 aliphatic heterocycles. The van der Waals surface area contributed by atoms with E-state index in [9.17, 15) is 23.3 Å². The average Bonchev–Trinajstić information content (AvgIpc) is 2.74. The molecule has 0 aliphatic carbocycles. The molecule has 1 aliphatic rings. The smallest absolute Gasteiger partial charge is 0.273 e. The quantitative estimate of drug-likeness (QED) is 0.523. The zero-order valence-corrected chi connectivity index (χ0v) is 17.4. The molecule has 0 unspecified atom stereocenters. The lowest BCUT2D eigenvalue weighted by Gasteiger charge is -2.26. The van der Waals surface area contributed by atoms with Crippen molar-refractivity contribution in [2.24, 2.45) is 0 Å². The summed E-state index contributed by atoms with van der Waals surface area (Å²) in [7, 11) is -2.52. The molecule has 0 spiro atoms. The maximum absolute atomic E-state index is 12.8. The Morgan fingerprint density at radius 2 is 1.93 bits per heavy atom. The SMILES string of the molecule is COc1cc([N+](=O)[O-])ccc1NC(=O)c1cc(S(=O)(=O)N2CCOCC2)ccc1Cl. The zero-order valence-electron chi connectivity index (χ0n) is 15.8. The second kappa shape index (κ2) is 8.96. The van der Waals surface area contributed by atoms with Crippen molar-refractivity contribution in [1.29, 1.82) is 0 Å². The van der Waals surface area contributed by atoms with E-state index in [1.807, 2.05) is 0 Å². The van der Waals surface area contributed by atoms with Crippen LogP contribution in [0.3, 0.4) is 0 Å². The van der Waals surface area contributed by atoms with E-state index in [-0.39, 0.29) is 45.7 Å². The first-order valence-electron chi connectivity index (χ1n) is 8.75. The zero-order chi connectivity index (χ0) is 21.9. The third-order valence-electron chi connectivity index (χ3n) is 4.43. The molecule has 1 fully saturated rings. The van der Waals surface area contributed by atoms with Gasteiger partial charge >= 0.3 is 0 Å². The minimum Gasteiger partial charge on any atom is -0.494 e. The summed E-state index contributed by atoms with van der Waals surface area (Å²) in [6, 6.07) is 7.54. The number of anilines is 1. The Bertz CT molecular complexity index is 1090. The maximum atomic E-state index is 12.8. The maximum Gasteiger partial charge on any atom is 0.273 e. The number of nitrogens with zero attached hydrogens (tertiary/aromatic N) is 2. The standard InChI is InChI=1S/C18H18ClN3O7S/c1-28-17-10-12(22(24)25)2-5-16(17)20-18(23)14-11-13(3-4-15(14)19)30(26,27)21-6-8-29-9-7-21/h2-5,10-11H,6-9H2,1H3,(H,20,23). The van der Waals surface area contributed by atoms with Gasteiger partial charge in [-0.15, -0.1) is 0 Å². The van der Waals surface area contributed by atoms with Gasteiger partial charge < -0.3 is 14.8 Å². The summed E-state index contributed by atoms with van der Waals surface area (Å²) in [4.78, 5) is 23.0. The first-order chi connectivity index (χ1) is 14.2. The molecule has 0 saturated carbocycles. The van der Waals surface area contributed by atoms with Crippen LogP contribution in [0, 0.1) is 10.1 Å². The molecule has 3 rings (SSSR count). The van der Waals surface area contributed by atoms with E-state index in [0.29, 0.717) is 13.2 Å². The van der Waals surface area contributed by atoms with Crippen molar-refractivity contribution in [2.75, 3.05) is 38.7 Å². The fraction of sp³-hybridized carbons (Fsp3) is 0.278. The Kier molecular flexibility index (Phi) is 6.56. The van der Waals surface area contributed by atoms with Crippen molar-refractivity contribution in [3.05, 3.63) is 57.1 Å². The summed E-state index contributed by atoms with van der Waals surface area (Å²) < 4.78 is 37.2. The summed E-state index contributed by atoms with van der Waals surface area (Å²) in [5, 5.41) is 13.5. The van der Waals surface area contributed by atoms with Gasteiger partial charge in [0.2, 0.25) is 10.0 Å². The Balaban J connectivity index is 1.90. The Morgan fingerprint density at radius 3 is 2.57 bits per heavy atom. The van der Waals surface area contributed by atoms with Crippen LogP contribution in [0.4, 0.5) is 11.4 Å². The fourth-order valence-corrected chi connectivity index (χ4v) is 4.50. The lowest BCUT2D eigenvalue weighted by atomic mass is 10.2. The molecule has 1 N–H and O–H groups in total. The van der Waals surface area contributed by atoms with Crippen LogP contribution in [0.15, 0.2) is 41.3 Å². The van der Waals surface area contributed by atoms with Crippen LogP contribution >= 0.6 is 11.6 Å². The molecular formula is C18H18ClN3O7S. The normalized spacial score (nSPS) is 14.9. The first-order valence-corrected chi connectivity index (χ1v) is 10.6. The van der Waals surface area contributed by atoms with Gasteiger partial charge in [0, 0.05) is 19.2 Å². The second-order valence-electron chi connectivity index (χ2n) is 6.25. The summed E-state index contributed by atoms with van der Waals surface area (Å²) in [5.74, 6) is -0.614. The number of methoxy groups -OCH3 is 1. The van der Waals surface area contributed by atoms with Gasteiger partial charge in [0.1, 0.15) is 5.75 Å². The largest absolute Gasteiger partial charge is 0.494 e.